The number of rotatable bonds is 6. The highest BCUT2D eigenvalue weighted by atomic mass is 16.6. The minimum absolute atomic E-state index is 0.401. The third-order valence-corrected chi connectivity index (χ3v) is 4.37. The van der Waals surface area contributed by atoms with Gasteiger partial charge in [0, 0.05) is 7.05 Å². The van der Waals surface area contributed by atoms with Crippen molar-refractivity contribution in [3.63, 3.8) is 0 Å². The summed E-state index contributed by atoms with van der Waals surface area (Å²) in [5.41, 5.74) is 0.209. The SMILES string of the molecule is Cc1ccc(N=CN(C)c2c([N+](=O)[O-])cc([N+](=O)[O-])cc2[N+](=O)[O-])cc1.Cc1ccccc1. The van der Waals surface area contributed by atoms with Crippen molar-refractivity contribution in [2.75, 3.05) is 11.9 Å². The van der Waals surface area contributed by atoms with E-state index in [9.17, 15) is 30.3 Å². The average Bonchev–Trinajstić information content (AvgIpc) is 2.78. The normalized spacial score (nSPS) is 10.3. The zero-order valence-corrected chi connectivity index (χ0v) is 18.1. The molecule has 0 saturated carbocycles. The third-order valence-electron chi connectivity index (χ3n) is 4.37. The number of hydrogen-bond donors (Lipinski definition) is 0. The van der Waals surface area contributed by atoms with Gasteiger partial charge in [-0.15, -0.1) is 0 Å². The van der Waals surface area contributed by atoms with Crippen LogP contribution < -0.4 is 4.90 Å². The topological polar surface area (TPSA) is 145 Å². The molecule has 11 nitrogen and oxygen atoms in total. The Morgan fingerprint density at radius 1 is 0.758 bits per heavy atom. The number of nitro benzene ring substituents is 3. The molecule has 170 valence electrons. The summed E-state index contributed by atoms with van der Waals surface area (Å²) in [7, 11) is 1.33. The molecule has 0 heterocycles. The number of aliphatic imine (C=N–C) groups is 1. The largest absolute Gasteiger partial charge is 0.324 e. The Balaban J connectivity index is 0.000000468. The van der Waals surface area contributed by atoms with E-state index in [-0.39, 0.29) is 0 Å². The van der Waals surface area contributed by atoms with E-state index >= 15 is 0 Å². The molecule has 0 spiro atoms. The first-order valence-electron chi connectivity index (χ1n) is 9.56. The number of non-ortho nitro benzene ring substituents is 1. The highest BCUT2D eigenvalue weighted by Gasteiger charge is 2.32. The molecule has 3 aromatic rings. The Morgan fingerprint density at radius 3 is 1.64 bits per heavy atom. The fraction of sp³-hybridized carbons (Fsp3) is 0.136. The monoisotopic (exact) mass is 451 g/mol. The Morgan fingerprint density at radius 2 is 1.24 bits per heavy atom. The van der Waals surface area contributed by atoms with Gasteiger partial charge in [0.2, 0.25) is 0 Å². The predicted octanol–water partition coefficient (Wildman–Crippen LogP) is 5.51. The summed E-state index contributed by atoms with van der Waals surface area (Å²) < 4.78 is 0. The number of hydrogen-bond acceptors (Lipinski definition) is 7. The van der Waals surface area contributed by atoms with Gasteiger partial charge in [0.15, 0.2) is 5.69 Å². The van der Waals surface area contributed by atoms with Gasteiger partial charge in [-0.3, -0.25) is 30.3 Å². The van der Waals surface area contributed by atoms with Crippen molar-refractivity contribution < 1.29 is 14.8 Å². The van der Waals surface area contributed by atoms with Crippen LogP contribution in [-0.4, -0.2) is 28.2 Å². The van der Waals surface area contributed by atoms with Gasteiger partial charge in [0.25, 0.3) is 5.69 Å². The predicted molar refractivity (Wildman–Crippen MR) is 125 cm³/mol. The lowest BCUT2D eigenvalue weighted by atomic mass is 10.2. The van der Waals surface area contributed by atoms with Gasteiger partial charge in [-0.05, 0) is 26.0 Å². The van der Waals surface area contributed by atoms with Gasteiger partial charge in [0.05, 0.1) is 38.9 Å². The molecule has 0 N–H and O–H groups in total. The molecular weight excluding hydrogens is 430 g/mol. The molecule has 0 aliphatic rings. The number of nitrogens with zero attached hydrogens (tertiary/aromatic N) is 5. The first kappa shape index (κ1) is 24.6. The molecule has 3 aromatic carbocycles. The first-order chi connectivity index (χ1) is 15.6. The van der Waals surface area contributed by atoms with Crippen LogP contribution in [0.3, 0.4) is 0 Å². The van der Waals surface area contributed by atoms with Crippen molar-refractivity contribution in [1.29, 1.82) is 0 Å². The second-order valence-corrected chi connectivity index (χ2v) is 6.95. The van der Waals surface area contributed by atoms with E-state index in [0.29, 0.717) is 17.8 Å². The zero-order valence-electron chi connectivity index (χ0n) is 18.1. The van der Waals surface area contributed by atoms with Crippen LogP contribution in [0.5, 0.6) is 0 Å². The van der Waals surface area contributed by atoms with Gasteiger partial charge < -0.3 is 4.90 Å². The summed E-state index contributed by atoms with van der Waals surface area (Å²) in [5, 5.41) is 33.4. The average molecular weight is 451 g/mol. The number of nitro groups is 3. The highest BCUT2D eigenvalue weighted by molar-refractivity contribution is 5.90. The Labute approximate surface area is 189 Å². The van der Waals surface area contributed by atoms with Gasteiger partial charge >= 0.3 is 11.4 Å². The van der Waals surface area contributed by atoms with Crippen LogP contribution in [0.25, 0.3) is 0 Å². The van der Waals surface area contributed by atoms with Gasteiger partial charge in [-0.2, -0.15) is 0 Å². The van der Waals surface area contributed by atoms with Crippen molar-refractivity contribution in [1.82, 2.24) is 0 Å². The molecule has 0 aromatic heterocycles. The van der Waals surface area contributed by atoms with Crippen LogP contribution >= 0.6 is 0 Å². The van der Waals surface area contributed by atoms with Gasteiger partial charge in [-0.1, -0.05) is 53.6 Å². The lowest BCUT2D eigenvalue weighted by Gasteiger charge is -2.13. The maximum atomic E-state index is 11.3. The highest BCUT2D eigenvalue weighted by Crippen LogP contribution is 2.40. The molecule has 3 rings (SSSR count). The Hall–Kier alpha value is -4.67. The lowest BCUT2D eigenvalue weighted by molar-refractivity contribution is -0.402. The quantitative estimate of drug-likeness (QED) is 0.208. The molecule has 33 heavy (non-hydrogen) atoms. The maximum absolute atomic E-state index is 11.3. The van der Waals surface area contributed by atoms with E-state index in [0.717, 1.165) is 10.5 Å². The van der Waals surface area contributed by atoms with E-state index in [1.807, 2.05) is 37.3 Å². The molecule has 0 unspecified atom stereocenters. The summed E-state index contributed by atoms with van der Waals surface area (Å²) in [6, 6.07) is 18.7. The molecule has 0 amide bonds. The van der Waals surface area contributed by atoms with Crippen molar-refractivity contribution in [3.05, 3.63) is 108 Å². The summed E-state index contributed by atoms with van der Waals surface area (Å²) in [5.74, 6) is 0. The van der Waals surface area contributed by atoms with Crippen molar-refractivity contribution in [2.24, 2.45) is 4.99 Å². The molecule has 0 saturated heterocycles. The fourth-order valence-electron chi connectivity index (χ4n) is 2.71. The molecular formula is C22H21N5O6. The molecule has 11 heteroatoms. The smallest absolute Gasteiger partial charge is 0.306 e. The number of anilines is 1. The van der Waals surface area contributed by atoms with Gasteiger partial charge in [0.1, 0.15) is 0 Å². The summed E-state index contributed by atoms with van der Waals surface area (Å²) in [6.07, 6.45) is 1.17. The van der Waals surface area contributed by atoms with E-state index < -0.39 is 37.5 Å². The molecule has 0 aliphatic heterocycles. The fourth-order valence-corrected chi connectivity index (χ4v) is 2.71. The van der Waals surface area contributed by atoms with E-state index in [2.05, 4.69) is 24.0 Å². The maximum Gasteiger partial charge on any atom is 0.306 e. The standard InChI is InChI=1S/C15H13N5O6.C7H8/c1-10-3-5-11(6-4-10)16-9-17(2)15-13(19(23)24)7-12(18(21)22)8-14(15)20(25)26;1-7-5-3-2-4-6-7/h3-9H,1-2H3;2-6H,1H3. The van der Waals surface area contributed by atoms with Gasteiger partial charge in [-0.25, -0.2) is 4.99 Å². The second-order valence-electron chi connectivity index (χ2n) is 6.95. The van der Waals surface area contributed by atoms with Crippen LogP contribution in [0.1, 0.15) is 11.1 Å². The molecule has 0 radical (unpaired) electrons. The minimum Gasteiger partial charge on any atom is -0.324 e. The van der Waals surface area contributed by atoms with E-state index in [1.54, 1.807) is 12.1 Å². The Bertz CT molecular complexity index is 1140. The molecule has 0 atom stereocenters. The van der Waals surface area contributed by atoms with E-state index in [4.69, 9.17) is 0 Å². The first-order valence-corrected chi connectivity index (χ1v) is 9.56. The Kier molecular flexibility index (Phi) is 8.27. The lowest BCUT2D eigenvalue weighted by Crippen LogP contribution is -2.17. The van der Waals surface area contributed by atoms with Crippen molar-refractivity contribution in [3.8, 4) is 0 Å². The molecule has 0 bridgehead atoms. The van der Waals surface area contributed by atoms with Crippen LogP contribution in [0.2, 0.25) is 0 Å². The summed E-state index contributed by atoms with van der Waals surface area (Å²) in [6.45, 7) is 3.98. The van der Waals surface area contributed by atoms with Crippen molar-refractivity contribution >= 4 is 34.8 Å². The second kappa shape index (κ2) is 11.1. The zero-order chi connectivity index (χ0) is 24.5. The number of aryl methyl sites for hydroxylation is 2. The molecule has 0 fully saturated rings. The van der Waals surface area contributed by atoms with E-state index in [1.165, 1.54) is 18.9 Å². The summed E-state index contributed by atoms with van der Waals surface area (Å²) >= 11 is 0. The number of benzene rings is 3. The minimum atomic E-state index is -0.926. The van der Waals surface area contributed by atoms with Crippen molar-refractivity contribution in [2.45, 2.75) is 13.8 Å². The van der Waals surface area contributed by atoms with Crippen LogP contribution in [0.15, 0.2) is 71.7 Å². The summed E-state index contributed by atoms with van der Waals surface area (Å²) in [4.78, 5) is 35.9. The van der Waals surface area contributed by atoms with Crippen LogP contribution in [0.4, 0.5) is 28.4 Å². The van der Waals surface area contributed by atoms with Crippen LogP contribution in [-0.2, 0) is 0 Å². The third kappa shape index (κ3) is 6.92. The molecule has 0 aliphatic carbocycles. The van der Waals surface area contributed by atoms with Crippen LogP contribution in [0, 0.1) is 44.2 Å².